The largest absolute Gasteiger partial charge is 0.497 e. The normalized spacial score (nSPS) is 18.6. The van der Waals surface area contributed by atoms with Gasteiger partial charge in [0.1, 0.15) is 11.6 Å². The molecule has 1 saturated heterocycles. The summed E-state index contributed by atoms with van der Waals surface area (Å²) in [6.07, 6.45) is 0.907. The lowest BCUT2D eigenvalue weighted by Crippen LogP contribution is -2.45. The number of ether oxygens (including phenoxy) is 1. The maximum absolute atomic E-state index is 14.0. The summed E-state index contributed by atoms with van der Waals surface area (Å²) >= 11 is 0. The molecule has 1 atom stereocenters. The number of methoxy groups -OCH3 is 1. The van der Waals surface area contributed by atoms with E-state index in [-0.39, 0.29) is 11.9 Å². The monoisotopic (exact) mass is 252 g/mol. The van der Waals surface area contributed by atoms with Gasteiger partial charge in [0, 0.05) is 37.8 Å². The molecular weight excluding hydrogens is 231 g/mol. The van der Waals surface area contributed by atoms with Crippen LogP contribution in [-0.2, 0) is 0 Å². The fourth-order valence-corrected chi connectivity index (χ4v) is 2.57. The Kier molecular flexibility index (Phi) is 4.55. The first-order chi connectivity index (χ1) is 8.76. The minimum atomic E-state index is -0.138. The van der Waals surface area contributed by atoms with E-state index in [1.807, 2.05) is 6.07 Å². The summed E-state index contributed by atoms with van der Waals surface area (Å²) < 4.78 is 19.2. The van der Waals surface area contributed by atoms with Gasteiger partial charge in [0.05, 0.1) is 7.11 Å². The van der Waals surface area contributed by atoms with E-state index in [2.05, 4.69) is 17.1 Å². The van der Waals surface area contributed by atoms with Gasteiger partial charge in [0.15, 0.2) is 0 Å². The Morgan fingerprint density at radius 1 is 1.39 bits per heavy atom. The molecule has 0 radical (unpaired) electrons. The van der Waals surface area contributed by atoms with Crippen LogP contribution in [0.4, 0.5) is 4.39 Å². The number of nitrogens with one attached hydrogen (secondary N) is 1. The highest BCUT2D eigenvalue weighted by atomic mass is 19.1. The van der Waals surface area contributed by atoms with Crippen molar-refractivity contribution in [3.63, 3.8) is 0 Å². The smallest absolute Gasteiger partial charge is 0.128 e. The number of hydrogen-bond acceptors (Lipinski definition) is 3. The summed E-state index contributed by atoms with van der Waals surface area (Å²) in [5, 5.41) is 3.32. The third kappa shape index (κ3) is 2.82. The van der Waals surface area contributed by atoms with Crippen molar-refractivity contribution in [2.24, 2.45) is 0 Å². The van der Waals surface area contributed by atoms with E-state index in [1.54, 1.807) is 13.2 Å². The standard InChI is InChI=1S/C14H21FN2O/c1-3-14(17-8-6-16-7-9-17)12-10-11(18-2)4-5-13(12)15/h4-5,10,14,16H,3,6-9H2,1-2H3/t14-/m0/s1. The number of hydrogen-bond donors (Lipinski definition) is 1. The van der Waals surface area contributed by atoms with Gasteiger partial charge in [0.2, 0.25) is 0 Å². The lowest BCUT2D eigenvalue weighted by molar-refractivity contribution is 0.166. The van der Waals surface area contributed by atoms with E-state index in [0.717, 1.165) is 43.9 Å². The predicted octanol–water partition coefficient (Wildman–Crippen LogP) is 2.19. The van der Waals surface area contributed by atoms with E-state index in [4.69, 9.17) is 4.74 Å². The second-order valence-electron chi connectivity index (χ2n) is 4.60. The molecule has 1 fully saturated rings. The van der Waals surface area contributed by atoms with Crippen LogP contribution in [0.5, 0.6) is 5.75 Å². The van der Waals surface area contributed by atoms with E-state index < -0.39 is 0 Å². The zero-order valence-electron chi connectivity index (χ0n) is 11.1. The van der Waals surface area contributed by atoms with Crippen molar-refractivity contribution in [1.82, 2.24) is 10.2 Å². The van der Waals surface area contributed by atoms with E-state index >= 15 is 0 Å². The van der Waals surface area contributed by atoms with Crippen LogP contribution in [0.1, 0.15) is 24.9 Å². The number of rotatable bonds is 4. The highest BCUT2D eigenvalue weighted by Crippen LogP contribution is 2.29. The number of nitrogens with zero attached hydrogens (tertiary/aromatic N) is 1. The molecule has 0 unspecified atom stereocenters. The number of benzene rings is 1. The average molecular weight is 252 g/mol. The lowest BCUT2D eigenvalue weighted by Gasteiger charge is -2.35. The van der Waals surface area contributed by atoms with Gasteiger partial charge in [-0.15, -0.1) is 0 Å². The molecule has 0 saturated carbocycles. The molecule has 1 heterocycles. The molecule has 0 aliphatic carbocycles. The fraction of sp³-hybridized carbons (Fsp3) is 0.571. The maximum atomic E-state index is 14.0. The Morgan fingerprint density at radius 3 is 2.72 bits per heavy atom. The maximum Gasteiger partial charge on any atom is 0.128 e. The van der Waals surface area contributed by atoms with Gasteiger partial charge in [-0.05, 0) is 24.6 Å². The highest BCUT2D eigenvalue weighted by Gasteiger charge is 2.23. The average Bonchev–Trinajstić information content (AvgIpc) is 2.43. The second-order valence-corrected chi connectivity index (χ2v) is 4.60. The van der Waals surface area contributed by atoms with Crippen molar-refractivity contribution in [2.45, 2.75) is 19.4 Å². The molecule has 0 aromatic heterocycles. The molecule has 3 nitrogen and oxygen atoms in total. The minimum Gasteiger partial charge on any atom is -0.497 e. The molecule has 4 heteroatoms. The number of halogens is 1. The third-order valence-corrected chi connectivity index (χ3v) is 3.54. The molecule has 1 aliphatic heterocycles. The lowest BCUT2D eigenvalue weighted by atomic mass is 10.0. The third-order valence-electron chi connectivity index (χ3n) is 3.54. The van der Waals surface area contributed by atoms with Gasteiger partial charge in [-0.1, -0.05) is 6.92 Å². The van der Waals surface area contributed by atoms with Gasteiger partial charge in [-0.25, -0.2) is 4.39 Å². The molecule has 1 aromatic rings. The molecule has 0 bridgehead atoms. The second kappa shape index (κ2) is 6.16. The van der Waals surface area contributed by atoms with Crippen LogP contribution in [-0.4, -0.2) is 38.2 Å². The van der Waals surface area contributed by atoms with Crippen molar-refractivity contribution >= 4 is 0 Å². The summed E-state index contributed by atoms with van der Waals surface area (Å²) in [4.78, 5) is 2.34. The Hall–Kier alpha value is -1.13. The van der Waals surface area contributed by atoms with Crippen molar-refractivity contribution in [1.29, 1.82) is 0 Å². The Labute approximate surface area is 108 Å². The molecular formula is C14H21FN2O. The van der Waals surface area contributed by atoms with Crippen LogP contribution in [0.3, 0.4) is 0 Å². The van der Waals surface area contributed by atoms with Crippen molar-refractivity contribution in [2.75, 3.05) is 33.3 Å². The molecule has 2 rings (SSSR count). The zero-order chi connectivity index (χ0) is 13.0. The van der Waals surface area contributed by atoms with Crippen LogP contribution in [0, 0.1) is 5.82 Å². The molecule has 1 aromatic carbocycles. The Bertz CT molecular complexity index is 391. The number of piperazine rings is 1. The Balaban J connectivity index is 2.25. The summed E-state index contributed by atoms with van der Waals surface area (Å²) in [6.45, 7) is 5.99. The molecule has 18 heavy (non-hydrogen) atoms. The molecule has 1 aliphatic rings. The molecule has 0 spiro atoms. The zero-order valence-corrected chi connectivity index (χ0v) is 11.1. The quantitative estimate of drug-likeness (QED) is 0.889. The predicted molar refractivity (Wildman–Crippen MR) is 70.4 cm³/mol. The SMILES string of the molecule is CC[C@@H](c1cc(OC)ccc1F)N1CCNCC1. The highest BCUT2D eigenvalue weighted by molar-refractivity contribution is 5.32. The first-order valence-electron chi connectivity index (χ1n) is 6.54. The van der Waals surface area contributed by atoms with Gasteiger partial charge < -0.3 is 10.1 Å². The van der Waals surface area contributed by atoms with Gasteiger partial charge in [-0.2, -0.15) is 0 Å². The first-order valence-corrected chi connectivity index (χ1v) is 6.54. The van der Waals surface area contributed by atoms with Crippen LogP contribution in [0.15, 0.2) is 18.2 Å². The van der Waals surface area contributed by atoms with Gasteiger partial charge in [-0.3, -0.25) is 4.90 Å². The van der Waals surface area contributed by atoms with Crippen LogP contribution >= 0.6 is 0 Å². The van der Waals surface area contributed by atoms with E-state index in [9.17, 15) is 4.39 Å². The molecule has 0 amide bonds. The van der Waals surface area contributed by atoms with Crippen molar-refractivity contribution in [3.8, 4) is 5.75 Å². The topological polar surface area (TPSA) is 24.5 Å². The van der Waals surface area contributed by atoms with Crippen LogP contribution in [0.2, 0.25) is 0 Å². The first kappa shape index (κ1) is 13.3. The van der Waals surface area contributed by atoms with E-state index in [0.29, 0.717) is 0 Å². The van der Waals surface area contributed by atoms with E-state index in [1.165, 1.54) is 6.07 Å². The van der Waals surface area contributed by atoms with Crippen molar-refractivity contribution < 1.29 is 9.13 Å². The summed E-state index contributed by atoms with van der Waals surface area (Å²) in [7, 11) is 1.61. The van der Waals surface area contributed by atoms with Crippen LogP contribution in [0.25, 0.3) is 0 Å². The van der Waals surface area contributed by atoms with Crippen LogP contribution < -0.4 is 10.1 Å². The summed E-state index contributed by atoms with van der Waals surface area (Å²) in [5.74, 6) is 0.584. The minimum absolute atomic E-state index is 0.138. The molecule has 1 N–H and O–H groups in total. The summed E-state index contributed by atoms with van der Waals surface area (Å²) in [5.41, 5.74) is 0.749. The Morgan fingerprint density at radius 2 is 2.11 bits per heavy atom. The molecule has 100 valence electrons. The van der Waals surface area contributed by atoms with Gasteiger partial charge >= 0.3 is 0 Å². The fourth-order valence-electron chi connectivity index (χ4n) is 2.57. The summed E-state index contributed by atoms with van der Waals surface area (Å²) in [6, 6.07) is 5.13. The van der Waals surface area contributed by atoms with Crippen molar-refractivity contribution in [3.05, 3.63) is 29.6 Å². The van der Waals surface area contributed by atoms with Gasteiger partial charge in [0.25, 0.3) is 0 Å².